The zero-order valence-electron chi connectivity index (χ0n) is 19.9. The molecule has 1 aliphatic rings. The van der Waals surface area contributed by atoms with Crippen LogP contribution in [0.3, 0.4) is 0 Å². The molecule has 13 heteroatoms. The van der Waals surface area contributed by atoms with E-state index in [2.05, 4.69) is 20.3 Å². The third-order valence-electron chi connectivity index (χ3n) is 6.05. The summed E-state index contributed by atoms with van der Waals surface area (Å²) in [6, 6.07) is 2.24. The highest BCUT2D eigenvalue weighted by Gasteiger charge is 2.32. The van der Waals surface area contributed by atoms with Crippen molar-refractivity contribution in [2.24, 2.45) is 5.73 Å². The van der Waals surface area contributed by atoms with Crippen molar-refractivity contribution < 1.29 is 17.9 Å². The van der Waals surface area contributed by atoms with Crippen molar-refractivity contribution in [3.05, 3.63) is 35.0 Å². The van der Waals surface area contributed by atoms with Gasteiger partial charge in [0, 0.05) is 24.7 Å². The van der Waals surface area contributed by atoms with Crippen LogP contribution in [0.4, 0.5) is 10.3 Å². The molecule has 3 aromatic rings. The number of nitrogens with zero attached hydrogens (tertiary/aromatic N) is 5. The maximum atomic E-state index is 15.1. The van der Waals surface area contributed by atoms with Gasteiger partial charge in [-0.1, -0.05) is 11.6 Å². The highest BCUT2D eigenvalue weighted by Crippen LogP contribution is 2.33. The Morgan fingerprint density at radius 2 is 2.00 bits per heavy atom. The molecule has 3 heterocycles. The van der Waals surface area contributed by atoms with Gasteiger partial charge in [0.25, 0.3) is 0 Å². The van der Waals surface area contributed by atoms with Crippen LogP contribution in [0.2, 0.25) is 5.02 Å². The summed E-state index contributed by atoms with van der Waals surface area (Å²) in [7, 11) is -3.39. The second kappa shape index (κ2) is 9.58. The average Bonchev–Trinajstić information content (AvgIpc) is 3.16. The molecule has 190 valence electrons. The number of aromatic nitrogens is 4. The Morgan fingerprint density at radius 1 is 1.29 bits per heavy atom. The first-order valence-electron chi connectivity index (χ1n) is 11.3. The highest BCUT2D eigenvalue weighted by atomic mass is 35.5. The molecule has 4 rings (SSSR count). The number of fused-ring (bicyclic) bond motifs is 1. The van der Waals surface area contributed by atoms with Gasteiger partial charge >= 0.3 is 0 Å². The van der Waals surface area contributed by atoms with Crippen molar-refractivity contribution in [3.8, 4) is 11.3 Å². The lowest BCUT2D eigenvalue weighted by atomic mass is 10.0. The lowest BCUT2D eigenvalue weighted by Crippen LogP contribution is -2.51. The van der Waals surface area contributed by atoms with E-state index >= 15 is 4.39 Å². The molecule has 1 aliphatic heterocycles. The molecule has 0 aliphatic carbocycles. The molecule has 4 N–H and O–H groups in total. The van der Waals surface area contributed by atoms with E-state index in [0.717, 1.165) is 6.26 Å². The van der Waals surface area contributed by atoms with E-state index in [1.165, 1.54) is 16.6 Å². The van der Waals surface area contributed by atoms with Crippen LogP contribution in [0.1, 0.15) is 45.1 Å². The van der Waals surface area contributed by atoms with Crippen molar-refractivity contribution in [2.75, 3.05) is 24.7 Å². The Hall–Kier alpha value is -2.38. The second-order valence-corrected chi connectivity index (χ2v) is 11.6. The Morgan fingerprint density at radius 3 is 2.60 bits per heavy atom. The lowest BCUT2D eigenvalue weighted by Gasteiger charge is -2.34. The quantitative estimate of drug-likeness (QED) is 0.446. The third kappa shape index (κ3) is 5.12. The molecule has 2 aromatic heterocycles. The monoisotopic (exact) mass is 525 g/mol. The molecule has 1 aromatic carbocycles. The maximum Gasteiger partial charge on any atom is 0.223 e. The van der Waals surface area contributed by atoms with Crippen molar-refractivity contribution in [1.82, 2.24) is 23.8 Å². The van der Waals surface area contributed by atoms with E-state index in [1.807, 2.05) is 18.4 Å². The van der Waals surface area contributed by atoms with Crippen LogP contribution in [-0.4, -0.2) is 68.8 Å². The SMILES string of the molecule is CC(N)c1nc2c(F)cc(-c3nc(N[C@@H]4CCN(S(C)(=O)=O)C[C@H]4O)ncc3Cl)cc2n1C(C)C. The van der Waals surface area contributed by atoms with Gasteiger partial charge in [0.05, 0.1) is 46.9 Å². The minimum Gasteiger partial charge on any atom is -0.390 e. The van der Waals surface area contributed by atoms with E-state index in [9.17, 15) is 13.5 Å². The maximum absolute atomic E-state index is 15.1. The van der Waals surface area contributed by atoms with E-state index < -0.39 is 28.0 Å². The number of aliphatic hydroxyl groups is 1. The second-order valence-electron chi connectivity index (χ2n) is 9.17. The Labute approximate surface area is 208 Å². The molecular formula is C22H29ClFN7O3S. The number of nitrogens with two attached hydrogens (primary N) is 1. The number of sulfonamides is 1. The van der Waals surface area contributed by atoms with Gasteiger partial charge in [-0.15, -0.1) is 0 Å². The summed E-state index contributed by atoms with van der Waals surface area (Å²) < 4.78 is 41.8. The fourth-order valence-electron chi connectivity index (χ4n) is 4.35. The average molecular weight is 526 g/mol. The standard InChI is InChI=1S/C22H29ClFN7O3S/c1-11(2)31-17-8-13(7-15(24)20(17)28-21(31)12(3)25)19-14(23)9-26-22(29-19)27-16-5-6-30(10-18(16)32)35(4,33)34/h7-9,11-12,16,18,32H,5-6,10,25H2,1-4H3,(H,26,27,29)/t12?,16-,18-/m1/s1. The van der Waals surface area contributed by atoms with Crippen LogP contribution in [-0.2, 0) is 10.0 Å². The molecule has 0 amide bonds. The zero-order valence-corrected chi connectivity index (χ0v) is 21.5. The number of halogens is 2. The predicted molar refractivity (Wildman–Crippen MR) is 133 cm³/mol. The zero-order chi connectivity index (χ0) is 25.7. The number of piperidine rings is 1. The minimum absolute atomic E-state index is 0.00645. The summed E-state index contributed by atoms with van der Waals surface area (Å²) in [5.74, 6) is 0.249. The number of rotatable bonds is 6. The summed E-state index contributed by atoms with van der Waals surface area (Å²) in [5, 5.41) is 13.8. The number of nitrogens with one attached hydrogen (secondary N) is 1. The van der Waals surface area contributed by atoms with Gasteiger partial charge in [0.1, 0.15) is 11.3 Å². The smallest absolute Gasteiger partial charge is 0.223 e. The first-order valence-corrected chi connectivity index (χ1v) is 13.5. The number of aliphatic hydroxyl groups excluding tert-OH is 1. The van der Waals surface area contributed by atoms with Gasteiger partial charge in [-0.05, 0) is 39.3 Å². The Balaban J connectivity index is 1.69. The first-order chi connectivity index (χ1) is 16.4. The van der Waals surface area contributed by atoms with Gasteiger partial charge in [0.15, 0.2) is 5.82 Å². The summed E-state index contributed by atoms with van der Waals surface area (Å²) in [6.07, 6.45) is 1.93. The molecule has 35 heavy (non-hydrogen) atoms. The lowest BCUT2D eigenvalue weighted by molar-refractivity contribution is 0.0950. The first kappa shape index (κ1) is 25.7. The van der Waals surface area contributed by atoms with Gasteiger partial charge in [-0.2, -0.15) is 4.31 Å². The summed E-state index contributed by atoms with van der Waals surface area (Å²) >= 11 is 6.39. The van der Waals surface area contributed by atoms with E-state index in [1.54, 1.807) is 13.0 Å². The number of hydrogen-bond donors (Lipinski definition) is 3. The highest BCUT2D eigenvalue weighted by molar-refractivity contribution is 7.88. The molecule has 0 bridgehead atoms. The molecule has 3 atom stereocenters. The van der Waals surface area contributed by atoms with Gasteiger partial charge in [0.2, 0.25) is 16.0 Å². The summed E-state index contributed by atoms with van der Waals surface area (Å²) in [5.41, 5.74) is 7.63. The number of imidazole rings is 1. The number of anilines is 1. The van der Waals surface area contributed by atoms with E-state index in [0.29, 0.717) is 29.0 Å². The van der Waals surface area contributed by atoms with Crippen molar-refractivity contribution in [3.63, 3.8) is 0 Å². The molecule has 0 saturated carbocycles. The van der Waals surface area contributed by atoms with Gasteiger partial charge in [-0.3, -0.25) is 0 Å². The minimum atomic E-state index is -3.39. The van der Waals surface area contributed by atoms with Crippen LogP contribution < -0.4 is 11.1 Å². The van der Waals surface area contributed by atoms with Gasteiger partial charge < -0.3 is 20.7 Å². The molecule has 1 fully saturated rings. The molecule has 1 saturated heterocycles. The molecular weight excluding hydrogens is 497 g/mol. The Bertz CT molecular complexity index is 1360. The van der Waals surface area contributed by atoms with Crippen molar-refractivity contribution in [1.29, 1.82) is 0 Å². The van der Waals surface area contributed by atoms with Crippen LogP contribution in [0.25, 0.3) is 22.3 Å². The number of benzene rings is 1. The number of hydrogen-bond acceptors (Lipinski definition) is 8. The predicted octanol–water partition coefficient (Wildman–Crippen LogP) is 2.69. The summed E-state index contributed by atoms with van der Waals surface area (Å²) in [6.45, 7) is 5.97. The molecule has 0 spiro atoms. The largest absolute Gasteiger partial charge is 0.390 e. The number of β-amino-alcohol motifs (C(OH)–C–C–N with tert-alkyl or cyclic N) is 1. The van der Waals surface area contributed by atoms with Crippen molar-refractivity contribution in [2.45, 2.75) is 51.4 Å². The van der Waals surface area contributed by atoms with Crippen LogP contribution >= 0.6 is 11.6 Å². The van der Waals surface area contributed by atoms with Crippen LogP contribution in [0.5, 0.6) is 0 Å². The van der Waals surface area contributed by atoms with Gasteiger partial charge in [-0.25, -0.2) is 27.8 Å². The fourth-order valence-corrected chi connectivity index (χ4v) is 5.41. The van der Waals surface area contributed by atoms with Crippen molar-refractivity contribution >= 4 is 38.6 Å². The molecule has 1 unspecified atom stereocenters. The van der Waals surface area contributed by atoms with E-state index in [-0.39, 0.29) is 41.7 Å². The van der Waals surface area contributed by atoms with Crippen LogP contribution in [0, 0.1) is 5.82 Å². The topological polar surface area (TPSA) is 139 Å². The van der Waals surface area contributed by atoms with E-state index in [4.69, 9.17) is 17.3 Å². The summed E-state index contributed by atoms with van der Waals surface area (Å²) in [4.78, 5) is 13.1. The van der Waals surface area contributed by atoms with Crippen LogP contribution in [0.15, 0.2) is 18.3 Å². The fraction of sp³-hybridized carbons (Fsp3) is 0.500. The normalized spacial score (nSPS) is 20.5. The Kier molecular flexibility index (Phi) is 7.04. The third-order valence-corrected chi connectivity index (χ3v) is 7.59. The molecule has 0 radical (unpaired) electrons. The molecule has 10 nitrogen and oxygen atoms in total.